The number of hydrogen-bond acceptors (Lipinski definition) is 5. The van der Waals surface area contributed by atoms with Gasteiger partial charge in [0.15, 0.2) is 0 Å². The van der Waals surface area contributed by atoms with Crippen LogP contribution in [-0.4, -0.2) is 33.1 Å². The summed E-state index contributed by atoms with van der Waals surface area (Å²) in [6.07, 6.45) is 0.540. The third-order valence-corrected chi connectivity index (χ3v) is 3.11. The van der Waals surface area contributed by atoms with Crippen LogP contribution in [-0.2, 0) is 16.1 Å². The number of rotatable bonds is 5. The highest BCUT2D eigenvalue weighted by atomic mass is 35.5. The van der Waals surface area contributed by atoms with Crippen molar-refractivity contribution in [2.24, 2.45) is 0 Å². The largest absolute Gasteiger partial charge is 0.478 e. The molecular formula is C14H11ClN4O4. The zero-order valence-electron chi connectivity index (χ0n) is 11.6. The number of benzene rings is 1. The van der Waals surface area contributed by atoms with Crippen LogP contribution in [0.5, 0.6) is 0 Å². The zero-order chi connectivity index (χ0) is 16.8. The topological polar surface area (TPSA) is 117 Å². The number of aliphatic carboxylic acids is 1. The monoisotopic (exact) mass is 334 g/mol. The lowest BCUT2D eigenvalue weighted by molar-refractivity contribution is -0.147. The highest BCUT2D eigenvalue weighted by Gasteiger charge is 2.24. The number of hydrogen-bond donors (Lipinski definition) is 2. The molecule has 0 saturated carbocycles. The summed E-state index contributed by atoms with van der Waals surface area (Å²) >= 11 is 5.91. The first-order valence-electron chi connectivity index (χ1n) is 6.37. The summed E-state index contributed by atoms with van der Waals surface area (Å²) in [7, 11) is 0. The molecule has 0 radical (unpaired) electrons. The molecule has 2 aromatic rings. The van der Waals surface area contributed by atoms with Crippen molar-refractivity contribution in [3.8, 4) is 6.07 Å². The van der Waals surface area contributed by atoms with Crippen LogP contribution in [0.15, 0.2) is 36.7 Å². The van der Waals surface area contributed by atoms with Crippen molar-refractivity contribution in [2.45, 2.75) is 12.6 Å². The van der Waals surface area contributed by atoms with E-state index in [1.165, 1.54) is 23.0 Å². The van der Waals surface area contributed by atoms with Gasteiger partial charge in [-0.3, -0.25) is 10.00 Å². The Morgan fingerprint density at radius 1 is 1.48 bits per heavy atom. The Morgan fingerprint density at radius 3 is 2.87 bits per heavy atom. The number of anilines is 1. The quantitative estimate of drug-likeness (QED) is 0.864. The predicted molar refractivity (Wildman–Crippen MR) is 79.9 cm³/mol. The smallest absolute Gasteiger partial charge is 0.412 e. The number of carbonyl (C=O) groups is 2. The lowest BCUT2D eigenvalue weighted by Gasteiger charge is -2.15. The first kappa shape index (κ1) is 16.3. The van der Waals surface area contributed by atoms with E-state index in [0.29, 0.717) is 0 Å². The average Bonchev–Trinajstić information content (AvgIpc) is 3.01. The molecule has 1 amide bonds. The molecule has 2 rings (SSSR count). The number of carbonyl (C=O) groups excluding carboxylic acids is 1. The van der Waals surface area contributed by atoms with Gasteiger partial charge in [0.2, 0.25) is 6.10 Å². The van der Waals surface area contributed by atoms with Gasteiger partial charge in [0, 0.05) is 12.4 Å². The zero-order valence-corrected chi connectivity index (χ0v) is 12.4. The molecule has 0 aliphatic carbocycles. The fourth-order valence-corrected chi connectivity index (χ4v) is 1.97. The van der Waals surface area contributed by atoms with Gasteiger partial charge in [-0.25, -0.2) is 9.59 Å². The maximum Gasteiger partial charge on any atom is 0.412 e. The number of amides is 1. The highest BCUT2D eigenvalue weighted by molar-refractivity contribution is 6.34. The van der Waals surface area contributed by atoms with Gasteiger partial charge in [-0.05, 0) is 18.2 Å². The highest BCUT2D eigenvalue weighted by Crippen LogP contribution is 2.25. The average molecular weight is 335 g/mol. The molecular weight excluding hydrogens is 324 g/mol. The van der Waals surface area contributed by atoms with Gasteiger partial charge < -0.3 is 9.84 Å². The van der Waals surface area contributed by atoms with E-state index in [2.05, 4.69) is 10.4 Å². The molecule has 0 aliphatic heterocycles. The van der Waals surface area contributed by atoms with E-state index >= 15 is 0 Å². The second kappa shape index (κ2) is 7.29. The molecule has 1 aromatic heterocycles. The van der Waals surface area contributed by atoms with Gasteiger partial charge in [-0.1, -0.05) is 17.7 Å². The third kappa shape index (κ3) is 4.21. The van der Waals surface area contributed by atoms with Crippen molar-refractivity contribution in [1.82, 2.24) is 9.78 Å². The molecule has 1 unspecified atom stereocenters. The molecule has 1 heterocycles. The van der Waals surface area contributed by atoms with Crippen molar-refractivity contribution in [3.63, 3.8) is 0 Å². The Labute approximate surface area is 135 Å². The molecule has 0 saturated heterocycles. The number of para-hydroxylation sites is 1. The summed E-state index contributed by atoms with van der Waals surface area (Å²) in [6, 6.07) is 7.97. The van der Waals surface area contributed by atoms with E-state index in [-0.39, 0.29) is 22.8 Å². The summed E-state index contributed by atoms with van der Waals surface area (Å²) < 4.78 is 6.19. The number of nitrogens with zero attached hydrogens (tertiary/aromatic N) is 3. The maximum absolute atomic E-state index is 11.9. The van der Waals surface area contributed by atoms with E-state index in [4.69, 9.17) is 26.7 Å². The lowest BCUT2D eigenvalue weighted by atomic mass is 10.2. The summed E-state index contributed by atoms with van der Waals surface area (Å²) in [5.74, 6) is -1.32. The van der Waals surface area contributed by atoms with Crippen LogP contribution in [0.2, 0.25) is 5.02 Å². The second-order valence-electron chi connectivity index (χ2n) is 4.36. The minimum absolute atomic E-state index is 0.0601. The fraction of sp³-hybridized carbons (Fsp3) is 0.143. The Kier molecular flexibility index (Phi) is 5.17. The number of carboxylic acids is 1. The number of aromatic nitrogens is 2. The van der Waals surface area contributed by atoms with Gasteiger partial charge in [0.1, 0.15) is 6.07 Å². The summed E-state index contributed by atoms with van der Waals surface area (Å²) in [5, 5.41) is 24.4. The normalized spacial score (nSPS) is 11.3. The number of nitrogens with one attached hydrogen (secondary N) is 1. The lowest BCUT2D eigenvalue weighted by Crippen LogP contribution is -2.33. The number of halogens is 1. The third-order valence-electron chi connectivity index (χ3n) is 2.80. The molecule has 0 bridgehead atoms. The molecule has 23 heavy (non-hydrogen) atoms. The molecule has 2 N–H and O–H groups in total. The van der Waals surface area contributed by atoms with E-state index in [0.717, 1.165) is 0 Å². The first-order valence-corrected chi connectivity index (χ1v) is 6.75. The molecule has 1 atom stereocenters. The van der Waals surface area contributed by atoms with Crippen molar-refractivity contribution in [1.29, 1.82) is 5.26 Å². The Hall–Kier alpha value is -3.05. The van der Waals surface area contributed by atoms with Crippen LogP contribution in [0.4, 0.5) is 10.5 Å². The van der Waals surface area contributed by atoms with Crippen LogP contribution in [0.1, 0.15) is 5.56 Å². The Morgan fingerprint density at radius 2 is 2.26 bits per heavy atom. The van der Waals surface area contributed by atoms with Gasteiger partial charge in [-0.2, -0.15) is 10.4 Å². The molecule has 0 spiro atoms. The van der Waals surface area contributed by atoms with E-state index in [1.54, 1.807) is 18.3 Å². The fourth-order valence-electron chi connectivity index (χ4n) is 1.75. The number of nitriles is 1. The number of ether oxygens (including phenoxy) is 1. The van der Waals surface area contributed by atoms with Crippen LogP contribution in [0.25, 0.3) is 0 Å². The SMILES string of the molecule is N#Cc1cccc(Cl)c1NC(=O)OC(Cn1cccn1)C(=O)O. The van der Waals surface area contributed by atoms with Crippen molar-refractivity contribution >= 4 is 29.4 Å². The minimum atomic E-state index is -1.44. The van der Waals surface area contributed by atoms with Crippen LogP contribution >= 0.6 is 11.6 Å². The van der Waals surface area contributed by atoms with E-state index in [9.17, 15) is 9.59 Å². The van der Waals surface area contributed by atoms with Gasteiger partial charge in [-0.15, -0.1) is 0 Å². The molecule has 1 aromatic carbocycles. The van der Waals surface area contributed by atoms with Gasteiger partial charge in [0.25, 0.3) is 0 Å². The minimum Gasteiger partial charge on any atom is -0.478 e. The predicted octanol–water partition coefficient (Wildman–Crippen LogP) is 2.11. The Bertz CT molecular complexity index is 755. The molecule has 0 fully saturated rings. The standard InChI is InChI=1S/C14H11ClN4O4/c15-10-4-1-3-9(7-16)12(10)18-14(22)23-11(13(20)21)8-19-6-2-5-17-19/h1-6,11H,8H2,(H,18,22)(H,20,21). The van der Waals surface area contributed by atoms with Crippen molar-refractivity contribution in [2.75, 3.05) is 5.32 Å². The summed E-state index contributed by atoms with van der Waals surface area (Å²) in [4.78, 5) is 23.1. The Balaban J connectivity index is 2.08. The first-order chi connectivity index (χ1) is 11.0. The molecule has 118 valence electrons. The van der Waals surface area contributed by atoms with Gasteiger partial charge >= 0.3 is 12.1 Å². The number of carboxylic acid groups (broad SMARTS) is 1. The summed E-state index contributed by atoms with van der Waals surface area (Å²) in [6.45, 7) is -0.149. The molecule has 0 aliphatic rings. The van der Waals surface area contributed by atoms with Crippen LogP contribution in [0, 0.1) is 11.3 Å². The van der Waals surface area contributed by atoms with E-state index in [1.807, 2.05) is 6.07 Å². The summed E-state index contributed by atoms with van der Waals surface area (Å²) in [5.41, 5.74) is 0.193. The van der Waals surface area contributed by atoms with E-state index < -0.39 is 18.2 Å². The van der Waals surface area contributed by atoms with Crippen molar-refractivity contribution < 1.29 is 19.4 Å². The van der Waals surface area contributed by atoms with Crippen molar-refractivity contribution in [3.05, 3.63) is 47.2 Å². The van der Waals surface area contributed by atoms with Crippen LogP contribution < -0.4 is 5.32 Å². The molecule has 8 nitrogen and oxygen atoms in total. The van der Waals surface area contributed by atoms with Gasteiger partial charge in [0.05, 0.1) is 22.8 Å². The maximum atomic E-state index is 11.9. The second-order valence-corrected chi connectivity index (χ2v) is 4.77. The van der Waals surface area contributed by atoms with Crippen LogP contribution in [0.3, 0.4) is 0 Å². The molecule has 9 heteroatoms.